The fourth-order valence-corrected chi connectivity index (χ4v) is 1.94. The van der Waals surface area contributed by atoms with Crippen molar-refractivity contribution in [3.8, 4) is 0 Å². The van der Waals surface area contributed by atoms with E-state index < -0.39 is 4.92 Å². The summed E-state index contributed by atoms with van der Waals surface area (Å²) in [4.78, 5) is 22.5. The van der Waals surface area contributed by atoms with Gasteiger partial charge in [0, 0.05) is 12.0 Å². The van der Waals surface area contributed by atoms with Crippen LogP contribution in [0.5, 0.6) is 0 Å². The Hall–Kier alpha value is -1.91. The Morgan fingerprint density at radius 3 is 2.63 bits per heavy atom. The summed E-state index contributed by atoms with van der Waals surface area (Å²) in [7, 11) is 0. The minimum atomic E-state index is -0.484. The number of nitrogens with one attached hydrogen (secondary N) is 1. The van der Waals surface area contributed by atoms with Gasteiger partial charge in [-0.1, -0.05) is 38.8 Å². The topological polar surface area (TPSA) is 72.2 Å². The maximum absolute atomic E-state index is 12.1. The van der Waals surface area contributed by atoms with Gasteiger partial charge in [-0.05, 0) is 18.9 Å². The standard InChI is InChI=1S/C14H20N2O3/c1-3-5-8-11(4-2)14(17)15-12-9-6-7-10-13(12)16(18)19/h6-7,9-11H,3-5,8H2,1-2H3,(H,15,17)/t11-/m0/s1. The van der Waals surface area contributed by atoms with Gasteiger partial charge in [-0.15, -0.1) is 0 Å². The van der Waals surface area contributed by atoms with E-state index in [1.165, 1.54) is 6.07 Å². The van der Waals surface area contributed by atoms with Gasteiger partial charge in [0.25, 0.3) is 5.69 Å². The Morgan fingerprint density at radius 1 is 1.37 bits per heavy atom. The highest BCUT2D eigenvalue weighted by Crippen LogP contribution is 2.24. The molecule has 1 amide bonds. The molecule has 0 spiro atoms. The first-order valence-electron chi connectivity index (χ1n) is 6.64. The predicted octanol–water partition coefficient (Wildman–Crippen LogP) is 3.75. The number of hydrogen-bond donors (Lipinski definition) is 1. The molecule has 0 unspecified atom stereocenters. The number of amides is 1. The molecule has 104 valence electrons. The second-order valence-corrected chi connectivity index (χ2v) is 4.51. The number of para-hydroxylation sites is 2. The number of carbonyl (C=O) groups excluding carboxylic acids is 1. The van der Waals surface area contributed by atoms with E-state index in [1.54, 1.807) is 18.2 Å². The van der Waals surface area contributed by atoms with E-state index in [2.05, 4.69) is 12.2 Å². The van der Waals surface area contributed by atoms with E-state index >= 15 is 0 Å². The van der Waals surface area contributed by atoms with Gasteiger partial charge in [0.15, 0.2) is 0 Å². The fraction of sp³-hybridized carbons (Fsp3) is 0.500. The zero-order valence-corrected chi connectivity index (χ0v) is 11.4. The summed E-state index contributed by atoms with van der Waals surface area (Å²) in [5.41, 5.74) is 0.202. The number of nitrogens with zero attached hydrogens (tertiary/aromatic N) is 1. The molecule has 1 N–H and O–H groups in total. The summed E-state index contributed by atoms with van der Waals surface area (Å²) in [6, 6.07) is 6.21. The predicted molar refractivity (Wildman–Crippen MR) is 75.0 cm³/mol. The summed E-state index contributed by atoms with van der Waals surface area (Å²) in [5, 5.41) is 13.5. The molecule has 1 rings (SSSR count). The molecule has 0 aliphatic rings. The van der Waals surface area contributed by atoms with Crippen LogP contribution in [0.4, 0.5) is 11.4 Å². The van der Waals surface area contributed by atoms with Crippen molar-refractivity contribution in [2.75, 3.05) is 5.32 Å². The Balaban J connectivity index is 2.78. The third-order valence-electron chi connectivity index (χ3n) is 3.13. The molecule has 1 aromatic carbocycles. The summed E-state index contributed by atoms with van der Waals surface area (Å²) in [6.07, 6.45) is 3.59. The van der Waals surface area contributed by atoms with Crippen LogP contribution in [0.25, 0.3) is 0 Å². The Kier molecular flexibility index (Phi) is 5.99. The van der Waals surface area contributed by atoms with Gasteiger partial charge in [0.05, 0.1) is 4.92 Å². The molecule has 0 radical (unpaired) electrons. The van der Waals surface area contributed by atoms with Gasteiger partial charge < -0.3 is 5.32 Å². The van der Waals surface area contributed by atoms with E-state index in [0.29, 0.717) is 0 Å². The highest BCUT2D eigenvalue weighted by molar-refractivity contribution is 5.94. The molecule has 5 nitrogen and oxygen atoms in total. The normalized spacial score (nSPS) is 11.9. The molecule has 0 aliphatic heterocycles. The van der Waals surface area contributed by atoms with Crippen molar-refractivity contribution in [2.24, 2.45) is 5.92 Å². The van der Waals surface area contributed by atoms with Crippen LogP contribution in [0.15, 0.2) is 24.3 Å². The van der Waals surface area contributed by atoms with Crippen LogP contribution < -0.4 is 5.32 Å². The van der Waals surface area contributed by atoms with Crippen molar-refractivity contribution in [1.29, 1.82) is 0 Å². The van der Waals surface area contributed by atoms with Crippen LogP contribution in [0.2, 0.25) is 0 Å². The first-order chi connectivity index (χ1) is 9.10. The van der Waals surface area contributed by atoms with Crippen LogP contribution in [-0.4, -0.2) is 10.8 Å². The molecular formula is C14H20N2O3. The smallest absolute Gasteiger partial charge is 0.292 e. The Morgan fingerprint density at radius 2 is 2.05 bits per heavy atom. The molecule has 0 heterocycles. The number of anilines is 1. The number of nitro benzene ring substituents is 1. The van der Waals surface area contributed by atoms with E-state index in [0.717, 1.165) is 25.7 Å². The van der Waals surface area contributed by atoms with Gasteiger partial charge in [-0.25, -0.2) is 0 Å². The van der Waals surface area contributed by atoms with E-state index in [4.69, 9.17) is 0 Å². The molecule has 0 saturated heterocycles. The summed E-state index contributed by atoms with van der Waals surface area (Å²) in [5.74, 6) is -0.218. The molecule has 0 saturated carbocycles. The number of unbranched alkanes of at least 4 members (excludes halogenated alkanes) is 1. The fourth-order valence-electron chi connectivity index (χ4n) is 1.94. The molecule has 19 heavy (non-hydrogen) atoms. The number of benzene rings is 1. The maximum Gasteiger partial charge on any atom is 0.292 e. The van der Waals surface area contributed by atoms with E-state index in [1.807, 2.05) is 6.92 Å². The largest absolute Gasteiger partial charge is 0.320 e. The highest BCUT2D eigenvalue weighted by atomic mass is 16.6. The lowest BCUT2D eigenvalue weighted by molar-refractivity contribution is -0.383. The van der Waals surface area contributed by atoms with Crippen LogP contribution in [0, 0.1) is 16.0 Å². The van der Waals surface area contributed by atoms with E-state index in [9.17, 15) is 14.9 Å². The molecule has 1 aromatic rings. The second kappa shape index (κ2) is 7.51. The lowest BCUT2D eigenvalue weighted by Gasteiger charge is -2.14. The number of nitro groups is 1. The maximum atomic E-state index is 12.1. The average molecular weight is 264 g/mol. The van der Waals surface area contributed by atoms with Gasteiger partial charge in [-0.3, -0.25) is 14.9 Å². The van der Waals surface area contributed by atoms with Crippen LogP contribution in [0.3, 0.4) is 0 Å². The number of hydrogen-bond acceptors (Lipinski definition) is 3. The van der Waals surface area contributed by atoms with Crippen LogP contribution >= 0.6 is 0 Å². The highest BCUT2D eigenvalue weighted by Gasteiger charge is 2.20. The van der Waals surface area contributed by atoms with Crippen LogP contribution in [0.1, 0.15) is 39.5 Å². The van der Waals surface area contributed by atoms with Crippen molar-refractivity contribution in [3.05, 3.63) is 34.4 Å². The second-order valence-electron chi connectivity index (χ2n) is 4.51. The summed E-state index contributed by atoms with van der Waals surface area (Å²) < 4.78 is 0. The Labute approximate surface area is 113 Å². The summed E-state index contributed by atoms with van der Waals surface area (Å²) in [6.45, 7) is 4.03. The minimum Gasteiger partial charge on any atom is -0.320 e. The lowest BCUT2D eigenvalue weighted by atomic mass is 9.98. The monoisotopic (exact) mass is 264 g/mol. The van der Waals surface area contributed by atoms with Gasteiger partial charge in [-0.2, -0.15) is 0 Å². The zero-order valence-electron chi connectivity index (χ0n) is 11.4. The molecule has 0 aliphatic carbocycles. The lowest BCUT2D eigenvalue weighted by Crippen LogP contribution is -2.22. The first-order valence-corrected chi connectivity index (χ1v) is 6.64. The van der Waals surface area contributed by atoms with Crippen molar-refractivity contribution in [1.82, 2.24) is 0 Å². The SMILES string of the molecule is CCCC[C@H](CC)C(=O)Nc1ccccc1[N+](=O)[O-]. The van der Waals surface area contributed by atoms with Crippen molar-refractivity contribution >= 4 is 17.3 Å². The molecule has 0 aromatic heterocycles. The Bertz CT molecular complexity index is 446. The molecule has 1 atom stereocenters. The molecular weight excluding hydrogens is 244 g/mol. The van der Waals surface area contributed by atoms with Gasteiger partial charge >= 0.3 is 0 Å². The average Bonchev–Trinajstić information content (AvgIpc) is 2.40. The minimum absolute atomic E-state index is 0.0683. The third-order valence-corrected chi connectivity index (χ3v) is 3.13. The zero-order chi connectivity index (χ0) is 14.3. The van der Waals surface area contributed by atoms with Gasteiger partial charge in [0.2, 0.25) is 5.91 Å². The molecule has 0 bridgehead atoms. The molecule has 5 heteroatoms. The number of rotatable bonds is 7. The van der Waals surface area contributed by atoms with Crippen molar-refractivity contribution < 1.29 is 9.72 Å². The quantitative estimate of drug-likeness (QED) is 0.602. The van der Waals surface area contributed by atoms with Crippen molar-refractivity contribution in [2.45, 2.75) is 39.5 Å². The van der Waals surface area contributed by atoms with E-state index in [-0.39, 0.29) is 23.2 Å². The number of carbonyl (C=O) groups is 1. The first kappa shape index (κ1) is 15.1. The van der Waals surface area contributed by atoms with Gasteiger partial charge in [0.1, 0.15) is 5.69 Å². The van der Waals surface area contributed by atoms with Crippen LogP contribution in [-0.2, 0) is 4.79 Å². The van der Waals surface area contributed by atoms with Crippen molar-refractivity contribution in [3.63, 3.8) is 0 Å². The molecule has 0 fully saturated rings. The summed E-state index contributed by atoms with van der Waals surface area (Å²) >= 11 is 0. The third kappa shape index (κ3) is 4.35.